The number of nitro groups is 1. The average molecular weight is 329 g/mol. The second-order valence-electron chi connectivity index (χ2n) is 4.73. The van der Waals surface area contributed by atoms with Crippen LogP contribution in [0.1, 0.15) is 19.4 Å². The van der Waals surface area contributed by atoms with E-state index in [4.69, 9.17) is 9.47 Å². The van der Waals surface area contributed by atoms with Crippen molar-refractivity contribution in [3.63, 3.8) is 0 Å². The summed E-state index contributed by atoms with van der Waals surface area (Å²) in [4.78, 5) is 14.4. The lowest BCUT2D eigenvalue weighted by Crippen LogP contribution is -1.98. The molecule has 2 aromatic carbocycles. The van der Waals surface area contributed by atoms with Gasteiger partial charge in [-0.15, -0.1) is 0 Å². The van der Waals surface area contributed by atoms with Gasteiger partial charge >= 0.3 is 0 Å². The standard InChI is InChI=1S/C17H18N2O5/c1-3-23-16-8-5-13(10-17(16)24-4-2)18-11-12-9-14(19(21)22)6-7-15(12)20/h5-11,20H,3-4H2,1-2H3/p-1. The fraction of sp³-hybridized carbons (Fsp3) is 0.235. The Morgan fingerprint density at radius 1 is 1.08 bits per heavy atom. The molecule has 0 unspecified atom stereocenters. The summed E-state index contributed by atoms with van der Waals surface area (Å²) in [7, 11) is 0. The number of benzene rings is 2. The molecule has 7 heteroatoms. The van der Waals surface area contributed by atoms with Crippen LogP contribution >= 0.6 is 0 Å². The van der Waals surface area contributed by atoms with Gasteiger partial charge in [-0.3, -0.25) is 15.1 Å². The monoisotopic (exact) mass is 329 g/mol. The van der Waals surface area contributed by atoms with Crippen molar-refractivity contribution in [2.45, 2.75) is 13.8 Å². The van der Waals surface area contributed by atoms with Crippen LogP contribution in [0, 0.1) is 10.1 Å². The number of hydrogen-bond donors (Lipinski definition) is 0. The van der Waals surface area contributed by atoms with Gasteiger partial charge in [-0.25, -0.2) is 0 Å². The second-order valence-corrected chi connectivity index (χ2v) is 4.73. The summed E-state index contributed by atoms with van der Waals surface area (Å²) in [6, 6.07) is 8.66. The lowest BCUT2D eigenvalue weighted by atomic mass is 10.2. The highest BCUT2D eigenvalue weighted by molar-refractivity contribution is 5.86. The molecular formula is C17H17N2O5-. The zero-order chi connectivity index (χ0) is 17.5. The quantitative estimate of drug-likeness (QED) is 0.441. The minimum Gasteiger partial charge on any atom is -0.872 e. The first-order valence-corrected chi connectivity index (χ1v) is 7.44. The lowest BCUT2D eigenvalue weighted by molar-refractivity contribution is -0.385. The van der Waals surface area contributed by atoms with Gasteiger partial charge in [-0.1, -0.05) is 11.8 Å². The molecule has 0 saturated carbocycles. The number of non-ortho nitro benzene ring substituents is 1. The Kier molecular flexibility index (Phi) is 5.73. The van der Waals surface area contributed by atoms with E-state index in [0.29, 0.717) is 30.4 Å². The number of aliphatic imine (C=N–C) groups is 1. The molecule has 2 rings (SSSR count). The lowest BCUT2D eigenvalue weighted by Gasteiger charge is -2.11. The number of ether oxygens (including phenoxy) is 2. The Morgan fingerprint density at radius 3 is 2.46 bits per heavy atom. The first kappa shape index (κ1) is 17.3. The molecule has 0 radical (unpaired) electrons. The molecule has 0 aromatic heterocycles. The Labute approximate surface area is 139 Å². The number of nitrogens with zero attached hydrogens (tertiary/aromatic N) is 2. The predicted octanol–water partition coefficient (Wildman–Crippen LogP) is 3.22. The molecule has 0 aliphatic carbocycles. The van der Waals surface area contributed by atoms with Crippen LogP contribution in [0.4, 0.5) is 11.4 Å². The number of nitro benzene ring substituents is 1. The third kappa shape index (κ3) is 4.22. The van der Waals surface area contributed by atoms with Crippen molar-refractivity contribution >= 4 is 17.6 Å². The highest BCUT2D eigenvalue weighted by Gasteiger charge is 2.07. The predicted molar refractivity (Wildman–Crippen MR) is 88.6 cm³/mol. The first-order chi connectivity index (χ1) is 11.5. The molecule has 7 nitrogen and oxygen atoms in total. The Balaban J connectivity index is 2.30. The third-order valence-electron chi connectivity index (χ3n) is 3.08. The van der Waals surface area contributed by atoms with Crippen molar-refractivity contribution in [3.8, 4) is 17.2 Å². The minimum atomic E-state index is -0.555. The summed E-state index contributed by atoms with van der Waals surface area (Å²) in [5.41, 5.74) is 0.543. The van der Waals surface area contributed by atoms with E-state index >= 15 is 0 Å². The van der Waals surface area contributed by atoms with Crippen LogP contribution in [0.3, 0.4) is 0 Å². The molecule has 0 heterocycles. The van der Waals surface area contributed by atoms with Crippen LogP contribution in [0.5, 0.6) is 17.2 Å². The summed E-state index contributed by atoms with van der Waals surface area (Å²) in [6.07, 6.45) is 1.31. The van der Waals surface area contributed by atoms with Crippen LogP contribution in [-0.4, -0.2) is 24.4 Å². The van der Waals surface area contributed by atoms with E-state index < -0.39 is 4.92 Å². The maximum Gasteiger partial charge on any atom is 0.270 e. The Bertz CT molecular complexity index is 759. The molecule has 0 fully saturated rings. The van der Waals surface area contributed by atoms with Gasteiger partial charge in [-0.2, -0.15) is 0 Å². The molecule has 0 aliphatic rings. The Morgan fingerprint density at radius 2 is 1.79 bits per heavy atom. The van der Waals surface area contributed by atoms with Crippen molar-refractivity contribution in [3.05, 3.63) is 52.1 Å². The first-order valence-electron chi connectivity index (χ1n) is 7.44. The van der Waals surface area contributed by atoms with Gasteiger partial charge in [0.2, 0.25) is 0 Å². The summed E-state index contributed by atoms with van der Waals surface area (Å²) in [5.74, 6) is 0.828. The molecule has 0 saturated heterocycles. The van der Waals surface area contributed by atoms with Gasteiger partial charge in [-0.05, 0) is 31.5 Å². The van der Waals surface area contributed by atoms with Crippen LogP contribution in [-0.2, 0) is 0 Å². The van der Waals surface area contributed by atoms with Crippen LogP contribution < -0.4 is 14.6 Å². The minimum absolute atomic E-state index is 0.149. The molecule has 0 N–H and O–H groups in total. The third-order valence-corrected chi connectivity index (χ3v) is 3.08. The van der Waals surface area contributed by atoms with Crippen LogP contribution in [0.25, 0.3) is 0 Å². The van der Waals surface area contributed by atoms with Gasteiger partial charge < -0.3 is 14.6 Å². The highest BCUT2D eigenvalue weighted by Crippen LogP contribution is 2.32. The van der Waals surface area contributed by atoms with E-state index in [1.54, 1.807) is 18.2 Å². The topological polar surface area (TPSA) is 97.0 Å². The summed E-state index contributed by atoms with van der Waals surface area (Å²) < 4.78 is 11.0. The van der Waals surface area contributed by atoms with Gasteiger partial charge in [0.1, 0.15) is 0 Å². The largest absolute Gasteiger partial charge is 0.872 e. The maximum absolute atomic E-state index is 11.8. The molecule has 0 bridgehead atoms. The highest BCUT2D eigenvalue weighted by atomic mass is 16.6. The molecule has 2 aromatic rings. The van der Waals surface area contributed by atoms with Gasteiger partial charge in [0.05, 0.1) is 23.8 Å². The van der Waals surface area contributed by atoms with Gasteiger partial charge in [0.25, 0.3) is 5.69 Å². The van der Waals surface area contributed by atoms with Crippen molar-refractivity contribution in [2.24, 2.45) is 4.99 Å². The van der Waals surface area contributed by atoms with Gasteiger partial charge in [0.15, 0.2) is 11.5 Å². The molecule has 126 valence electrons. The summed E-state index contributed by atoms with van der Waals surface area (Å²) in [6.45, 7) is 4.72. The number of rotatable bonds is 7. The maximum atomic E-state index is 11.8. The zero-order valence-electron chi connectivity index (χ0n) is 13.4. The van der Waals surface area contributed by atoms with E-state index in [9.17, 15) is 15.2 Å². The molecule has 0 amide bonds. The molecule has 24 heavy (non-hydrogen) atoms. The fourth-order valence-electron chi connectivity index (χ4n) is 2.01. The normalized spacial score (nSPS) is 10.8. The van der Waals surface area contributed by atoms with Crippen molar-refractivity contribution in [2.75, 3.05) is 13.2 Å². The van der Waals surface area contributed by atoms with Crippen LogP contribution in [0.2, 0.25) is 0 Å². The molecule has 0 aliphatic heterocycles. The van der Waals surface area contributed by atoms with E-state index in [2.05, 4.69) is 4.99 Å². The fourth-order valence-corrected chi connectivity index (χ4v) is 2.01. The Hall–Kier alpha value is -3.09. The average Bonchev–Trinajstić information content (AvgIpc) is 2.56. The van der Waals surface area contributed by atoms with E-state index in [0.717, 1.165) is 6.07 Å². The van der Waals surface area contributed by atoms with E-state index in [-0.39, 0.29) is 17.0 Å². The summed E-state index contributed by atoms with van der Waals surface area (Å²) >= 11 is 0. The zero-order valence-corrected chi connectivity index (χ0v) is 13.4. The molecular weight excluding hydrogens is 312 g/mol. The summed E-state index contributed by atoms with van der Waals surface area (Å²) in [5, 5.41) is 22.5. The van der Waals surface area contributed by atoms with Crippen molar-refractivity contribution in [1.29, 1.82) is 0 Å². The van der Waals surface area contributed by atoms with Crippen LogP contribution in [0.15, 0.2) is 41.4 Å². The van der Waals surface area contributed by atoms with E-state index in [1.165, 1.54) is 18.3 Å². The molecule has 0 atom stereocenters. The number of hydrogen-bond acceptors (Lipinski definition) is 6. The van der Waals surface area contributed by atoms with E-state index in [1.807, 2.05) is 13.8 Å². The second kappa shape index (κ2) is 7.96. The van der Waals surface area contributed by atoms with Crippen molar-refractivity contribution in [1.82, 2.24) is 0 Å². The SMILES string of the molecule is CCOc1ccc(N=Cc2cc([N+](=O)[O-])ccc2[O-])cc1OCC. The van der Waals surface area contributed by atoms with Gasteiger partial charge in [0, 0.05) is 24.4 Å². The van der Waals surface area contributed by atoms with Crippen molar-refractivity contribution < 1.29 is 19.5 Å². The molecule has 0 spiro atoms. The smallest absolute Gasteiger partial charge is 0.270 e.